The summed E-state index contributed by atoms with van der Waals surface area (Å²) in [4.78, 5) is 19.1. The van der Waals surface area contributed by atoms with Crippen molar-refractivity contribution in [1.82, 2.24) is 15.3 Å². The summed E-state index contributed by atoms with van der Waals surface area (Å²) in [5.74, 6) is 0.363. The van der Waals surface area contributed by atoms with E-state index in [1.54, 1.807) is 30.6 Å². The molecule has 0 atom stereocenters. The Bertz CT molecular complexity index is 633. The summed E-state index contributed by atoms with van der Waals surface area (Å²) in [6.07, 6.45) is 3.38. The second-order valence-corrected chi connectivity index (χ2v) is 5.79. The first-order valence-electron chi connectivity index (χ1n) is 6.66. The Morgan fingerprint density at radius 2 is 1.81 bits per heavy atom. The average Bonchev–Trinajstić information content (AvgIpc) is 2.45. The largest absolute Gasteiger partial charge is 0.308 e. The normalized spacial score (nSPS) is 11.4. The van der Waals surface area contributed by atoms with Crippen molar-refractivity contribution >= 4 is 5.69 Å². The lowest BCUT2D eigenvalue weighted by molar-refractivity contribution is -0.384. The Kier molecular flexibility index (Phi) is 4.28. The summed E-state index contributed by atoms with van der Waals surface area (Å²) in [6.45, 7) is 6.89. The summed E-state index contributed by atoms with van der Waals surface area (Å²) in [6, 6.07) is 6.47. The van der Waals surface area contributed by atoms with Crippen molar-refractivity contribution in [1.29, 1.82) is 0 Å². The van der Waals surface area contributed by atoms with Gasteiger partial charge in [-0.2, -0.15) is 0 Å². The zero-order chi connectivity index (χ0) is 15.5. The average molecular weight is 286 g/mol. The Hall–Kier alpha value is -2.34. The number of nitrogens with one attached hydrogen (secondary N) is 1. The predicted molar refractivity (Wildman–Crippen MR) is 80.7 cm³/mol. The number of nitrogens with zero attached hydrogens (tertiary/aromatic N) is 3. The van der Waals surface area contributed by atoms with Crippen molar-refractivity contribution in [3.8, 4) is 11.4 Å². The molecule has 6 nitrogen and oxygen atoms in total. The quantitative estimate of drug-likeness (QED) is 0.690. The number of para-hydroxylation sites is 1. The Balaban J connectivity index is 2.22. The van der Waals surface area contributed by atoms with Crippen LogP contribution >= 0.6 is 0 Å². The monoisotopic (exact) mass is 286 g/mol. The number of hydrogen-bond acceptors (Lipinski definition) is 5. The molecule has 2 rings (SSSR count). The zero-order valence-corrected chi connectivity index (χ0v) is 12.3. The minimum Gasteiger partial charge on any atom is -0.308 e. The molecule has 1 heterocycles. The third kappa shape index (κ3) is 4.06. The lowest BCUT2D eigenvalue weighted by Gasteiger charge is -2.20. The SMILES string of the molecule is CC(C)(C)NCc1cnc(-c2ccccc2[N+](=O)[O-])nc1. The Morgan fingerprint density at radius 1 is 1.19 bits per heavy atom. The van der Waals surface area contributed by atoms with E-state index in [1.165, 1.54) is 6.07 Å². The third-order valence-corrected chi connectivity index (χ3v) is 2.87. The van der Waals surface area contributed by atoms with Crippen LogP contribution in [-0.4, -0.2) is 20.4 Å². The van der Waals surface area contributed by atoms with Crippen LogP contribution in [0.15, 0.2) is 36.7 Å². The van der Waals surface area contributed by atoms with Crippen LogP contribution in [-0.2, 0) is 6.54 Å². The number of nitro groups is 1. The summed E-state index contributed by atoms with van der Waals surface area (Å²) < 4.78 is 0. The number of nitro benzene ring substituents is 1. The van der Waals surface area contributed by atoms with Crippen LogP contribution in [0.3, 0.4) is 0 Å². The van der Waals surface area contributed by atoms with E-state index < -0.39 is 4.92 Å². The lowest BCUT2D eigenvalue weighted by atomic mass is 10.1. The number of rotatable bonds is 4. The molecule has 0 spiro atoms. The molecule has 1 N–H and O–H groups in total. The molecule has 0 aliphatic carbocycles. The van der Waals surface area contributed by atoms with E-state index in [9.17, 15) is 10.1 Å². The van der Waals surface area contributed by atoms with Gasteiger partial charge in [0.25, 0.3) is 5.69 Å². The van der Waals surface area contributed by atoms with Gasteiger partial charge in [-0.25, -0.2) is 9.97 Å². The summed E-state index contributed by atoms with van der Waals surface area (Å²) >= 11 is 0. The van der Waals surface area contributed by atoms with Gasteiger partial charge in [-0.1, -0.05) is 12.1 Å². The van der Waals surface area contributed by atoms with Crippen molar-refractivity contribution in [3.05, 3.63) is 52.3 Å². The van der Waals surface area contributed by atoms with Gasteiger partial charge >= 0.3 is 0 Å². The van der Waals surface area contributed by atoms with E-state index in [-0.39, 0.29) is 11.2 Å². The van der Waals surface area contributed by atoms with Crippen LogP contribution in [0.5, 0.6) is 0 Å². The van der Waals surface area contributed by atoms with Crippen molar-refractivity contribution < 1.29 is 4.92 Å². The van der Waals surface area contributed by atoms with Gasteiger partial charge in [-0.3, -0.25) is 10.1 Å². The molecule has 1 aromatic heterocycles. The van der Waals surface area contributed by atoms with Crippen molar-refractivity contribution in [2.75, 3.05) is 0 Å². The molecule has 2 aromatic rings. The molecular weight excluding hydrogens is 268 g/mol. The fourth-order valence-electron chi connectivity index (χ4n) is 1.77. The first-order valence-corrected chi connectivity index (χ1v) is 6.66. The van der Waals surface area contributed by atoms with Gasteiger partial charge in [0.1, 0.15) is 0 Å². The lowest BCUT2D eigenvalue weighted by Crippen LogP contribution is -2.35. The maximum absolute atomic E-state index is 11.0. The molecule has 21 heavy (non-hydrogen) atoms. The van der Waals surface area contributed by atoms with Gasteiger partial charge in [0, 0.05) is 36.1 Å². The molecule has 0 saturated carbocycles. The van der Waals surface area contributed by atoms with E-state index in [0.717, 1.165) is 5.56 Å². The van der Waals surface area contributed by atoms with Gasteiger partial charge in [-0.15, -0.1) is 0 Å². The van der Waals surface area contributed by atoms with Gasteiger partial charge in [0.2, 0.25) is 0 Å². The molecule has 1 aromatic carbocycles. The Morgan fingerprint density at radius 3 is 2.38 bits per heavy atom. The molecule has 0 unspecified atom stereocenters. The van der Waals surface area contributed by atoms with E-state index in [0.29, 0.717) is 17.9 Å². The van der Waals surface area contributed by atoms with Gasteiger partial charge < -0.3 is 5.32 Å². The molecule has 0 saturated heterocycles. The summed E-state index contributed by atoms with van der Waals surface area (Å²) in [5, 5.41) is 14.4. The molecule has 0 aliphatic heterocycles. The zero-order valence-electron chi connectivity index (χ0n) is 12.3. The number of benzene rings is 1. The molecule has 6 heteroatoms. The maximum atomic E-state index is 11.0. The van der Waals surface area contributed by atoms with Crippen molar-refractivity contribution in [2.45, 2.75) is 32.9 Å². The Labute approximate surface area is 123 Å². The highest BCUT2D eigenvalue weighted by Gasteiger charge is 2.16. The van der Waals surface area contributed by atoms with E-state index in [4.69, 9.17) is 0 Å². The highest BCUT2D eigenvalue weighted by atomic mass is 16.6. The van der Waals surface area contributed by atoms with Crippen molar-refractivity contribution in [2.24, 2.45) is 0 Å². The minimum atomic E-state index is -0.423. The van der Waals surface area contributed by atoms with Crippen LogP contribution < -0.4 is 5.32 Å². The molecule has 0 radical (unpaired) electrons. The maximum Gasteiger partial charge on any atom is 0.280 e. The van der Waals surface area contributed by atoms with Gasteiger partial charge in [0.05, 0.1) is 10.5 Å². The first-order chi connectivity index (χ1) is 9.87. The molecular formula is C15H18N4O2. The van der Waals surface area contributed by atoms with Crippen molar-refractivity contribution in [3.63, 3.8) is 0 Å². The second kappa shape index (κ2) is 5.97. The smallest absolute Gasteiger partial charge is 0.280 e. The van der Waals surface area contributed by atoms with E-state index in [1.807, 2.05) is 0 Å². The molecule has 0 bridgehead atoms. The summed E-state index contributed by atoms with van der Waals surface area (Å²) in [5.41, 5.74) is 1.39. The fourth-order valence-corrected chi connectivity index (χ4v) is 1.77. The highest BCUT2D eigenvalue weighted by molar-refractivity contribution is 5.67. The predicted octanol–water partition coefficient (Wildman–Crippen LogP) is 2.94. The third-order valence-electron chi connectivity index (χ3n) is 2.87. The number of aromatic nitrogens is 2. The number of hydrogen-bond donors (Lipinski definition) is 1. The van der Waals surface area contributed by atoms with Crippen LogP contribution in [0.1, 0.15) is 26.3 Å². The highest BCUT2D eigenvalue weighted by Crippen LogP contribution is 2.26. The molecule has 0 aliphatic rings. The topological polar surface area (TPSA) is 81.0 Å². The second-order valence-electron chi connectivity index (χ2n) is 5.79. The van der Waals surface area contributed by atoms with Gasteiger partial charge in [-0.05, 0) is 26.8 Å². The minimum absolute atomic E-state index is 0.0108. The van der Waals surface area contributed by atoms with Crippen LogP contribution in [0.25, 0.3) is 11.4 Å². The first kappa shape index (κ1) is 15.1. The van der Waals surface area contributed by atoms with Crippen LogP contribution in [0.2, 0.25) is 0 Å². The van der Waals surface area contributed by atoms with E-state index >= 15 is 0 Å². The molecule has 110 valence electrons. The standard InChI is InChI=1S/C15H18N4O2/c1-15(2,3)18-10-11-8-16-14(17-9-11)12-6-4-5-7-13(12)19(20)21/h4-9,18H,10H2,1-3H3. The summed E-state index contributed by atoms with van der Waals surface area (Å²) in [7, 11) is 0. The molecule has 0 fully saturated rings. The van der Waals surface area contributed by atoms with E-state index in [2.05, 4.69) is 36.1 Å². The van der Waals surface area contributed by atoms with Crippen LogP contribution in [0, 0.1) is 10.1 Å². The van der Waals surface area contributed by atoms with Crippen LogP contribution in [0.4, 0.5) is 5.69 Å². The fraction of sp³-hybridized carbons (Fsp3) is 0.333. The molecule has 0 amide bonds. The van der Waals surface area contributed by atoms with Gasteiger partial charge in [0.15, 0.2) is 5.82 Å².